The summed E-state index contributed by atoms with van der Waals surface area (Å²) in [6, 6.07) is 0. The van der Waals surface area contributed by atoms with Gasteiger partial charge >= 0.3 is 17.1 Å². The quantitative estimate of drug-likeness (QED) is 0.631. The van der Waals surface area contributed by atoms with Crippen LogP contribution >= 0.6 is 48.4 Å². The molecule has 0 aliphatic rings. The van der Waals surface area contributed by atoms with Crippen molar-refractivity contribution in [2.24, 2.45) is 0 Å². The highest BCUT2D eigenvalue weighted by Gasteiger charge is 2.09. The Morgan fingerprint density at radius 1 is 0.667 bits per heavy atom. The Balaban J connectivity index is 4.00. The normalized spacial score (nSPS) is 10.2. The highest BCUT2D eigenvalue weighted by atomic mass is 79.9. The van der Waals surface area contributed by atoms with E-state index in [0.717, 1.165) is 0 Å². The van der Waals surface area contributed by atoms with Crippen molar-refractivity contribution in [2.75, 3.05) is 0 Å². The number of nitrogens with zero attached hydrogens (tertiary/aromatic N) is 3. The summed E-state index contributed by atoms with van der Waals surface area (Å²) in [5.74, 6) is 0. The smallest absolute Gasteiger partial charge is 0.245 e. The van der Waals surface area contributed by atoms with Crippen molar-refractivity contribution in [3.63, 3.8) is 0 Å². The first-order chi connectivity index (χ1) is 5.46. The second-order valence-corrected chi connectivity index (χ2v) is 3.82. The summed E-state index contributed by atoms with van der Waals surface area (Å²) in [6.07, 6.45) is 0. The van der Waals surface area contributed by atoms with Gasteiger partial charge in [0.15, 0.2) is 0 Å². The van der Waals surface area contributed by atoms with Crippen LogP contribution in [0.15, 0.2) is 14.4 Å². The molecule has 0 saturated heterocycles. The molecule has 0 aliphatic carbocycles. The predicted molar refractivity (Wildman–Crippen MR) is 52.2 cm³/mol. The SMILES string of the molecule is O=c1n(Br)c(=O)n(Br)c(=O)n1Br. The Bertz CT molecular complexity index is 381. The molecule has 0 unspecified atom stereocenters. The van der Waals surface area contributed by atoms with Crippen LogP contribution in [0.3, 0.4) is 0 Å². The van der Waals surface area contributed by atoms with Crippen molar-refractivity contribution in [2.45, 2.75) is 0 Å². The maximum Gasteiger partial charge on any atom is 0.357 e. The molecular formula is C3Br3N3O3. The number of hydrogen-bond donors (Lipinski definition) is 0. The molecule has 66 valence electrons. The Morgan fingerprint density at radius 2 is 0.833 bits per heavy atom. The first kappa shape index (κ1) is 9.93. The summed E-state index contributed by atoms with van der Waals surface area (Å²) in [7, 11) is 0. The number of rotatable bonds is 0. The number of halogens is 3. The molecule has 0 fully saturated rings. The van der Waals surface area contributed by atoms with E-state index in [9.17, 15) is 14.4 Å². The fourth-order valence-electron chi connectivity index (χ4n) is 0.477. The molecule has 0 amide bonds. The van der Waals surface area contributed by atoms with Crippen molar-refractivity contribution < 1.29 is 0 Å². The highest BCUT2D eigenvalue weighted by Crippen LogP contribution is 1.84. The Morgan fingerprint density at radius 3 is 1.00 bits per heavy atom. The standard InChI is InChI=1S/C3Br3N3O3/c4-7-1(10)8(5)3(12)9(6)2(7)11. The molecule has 1 rings (SSSR count). The maximum atomic E-state index is 11.0. The van der Waals surface area contributed by atoms with E-state index in [2.05, 4.69) is 48.4 Å². The van der Waals surface area contributed by atoms with Crippen LogP contribution in [0.2, 0.25) is 0 Å². The van der Waals surface area contributed by atoms with E-state index in [0.29, 0.717) is 10.8 Å². The fraction of sp³-hybridized carbons (Fsp3) is 0. The van der Waals surface area contributed by atoms with E-state index in [-0.39, 0.29) is 0 Å². The zero-order chi connectivity index (χ0) is 9.46. The molecule has 0 N–H and O–H groups in total. The van der Waals surface area contributed by atoms with Gasteiger partial charge in [-0.1, -0.05) is 0 Å². The third-order valence-electron chi connectivity index (χ3n) is 1.01. The van der Waals surface area contributed by atoms with Crippen LogP contribution < -0.4 is 17.1 Å². The summed E-state index contributed by atoms with van der Waals surface area (Å²) in [6.45, 7) is 0. The molecule has 6 nitrogen and oxygen atoms in total. The third-order valence-corrected chi connectivity index (χ3v) is 2.83. The summed E-state index contributed by atoms with van der Waals surface area (Å²) >= 11 is 8.00. The van der Waals surface area contributed by atoms with Crippen LogP contribution in [0.4, 0.5) is 0 Å². The lowest BCUT2D eigenvalue weighted by Gasteiger charge is -1.97. The molecule has 9 heteroatoms. The highest BCUT2D eigenvalue weighted by molar-refractivity contribution is 9.09. The van der Waals surface area contributed by atoms with Gasteiger partial charge < -0.3 is 0 Å². The molecule has 0 spiro atoms. The third kappa shape index (κ3) is 1.36. The van der Waals surface area contributed by atoms with Gasteiger partial charge in [0.1, 0.15) is 0 Å². The molecule has 0 bridgehead atoms. The summed E-state index contributed by atoms with van der Waals surface area (Å²) in [5, 5.41) is 0. The molecule has 1 heterocycles. The monoisotopic (exact) mass is 363 g/mol. The van der Waals surface area contributed by atoms with Crippen LogP contribution in [-0.4, -0.2) is 10.8 Å². The molecule has 0 aromatic carbocycles. The van der Waals surface area contributed by atoms with Gasteiger partial charge in [0.05, 0.1) is 48.4 Å². The minimum absolute atomic E-state index is 0.595. The van der Waals surface area contributed by atoms with Gasteiger partial charge in [-0.25, -0.2) is 14.4 Å². The molecule has 1 aromatic heterocycles. The van der Waals surface area contributed by atoms with Crippen molar-refractivity contribution >= 4 is 48.4 Å². The van der Waals surface area contributed by atoms with Gasteiger partial charge in [-0.15, -0.1) is 0 Å². The predicted octanol–water partition coefficient (Wildman–Crippen LogP) is -0.354. The lowest BCUT2D eigenvalue weighted by molar-refractivity contribution is 0.814. The zero-order valence-electron chi connectivity index (χ0n) is 5.20. The van der Waals surface area contributed by atoms with E-state index >= 15 is 0 Å². The van der Waals surface area contributed by atoms with Crippen molar-refractivity contribution in [1.82, 2.24) is 10.8 Å². The second-order valence-electron chi connectivity index (χ2n) is 1.69. The Kier molecular flexibility index (Phi) is 2.74. The van der Waals surface area contributed by atoms with Gasteiger partial charge in [0.2, 0.25) is 0 Å². The minimum atomic E-state index is -0.805. The molecule has 0 atom stereocenters. The molecule has 0 radical (unpaired) electrons. The van der Waals surface area contributed by atoms with Crippen molar-refractivity contribution in [1.29, 1.82) is 0 Å². The molecule has 1 aromatic rings. The molecule has 12 heavy (non-hydrogen) atoms. The van der Waals surface area contributed by atoms with Gasteiger partial charge in [-0.3, -0.25) is 0 Å². The minimum Gasteiger partial charge on any atom is -0.245 e. The second kappa shape index (κ2) is 3.30. The fourth-order valence-corrected chi connectivity index (χ4v) is 2.07. The Hall–Kier alpha value is -0.150. The zero-order valence-corrected chi connectivity index (χ0v) is 9.96. The topological polar surface area (TPSA) is 66.0 Å². The Labute approximate surface area is 90.4 Å². The van der Waals surface area contributed by atoms with Gasteiger partial charge in [-0.05, 0) is 0 Å². The van der Waals surface area contributed by atoms with Gasteiger partial charge in [0, 0.05) is 0 Å². The van der Waals surface area contributed by atoms with Crippen molar-refractivity contribution in [3.8, 4) is 0 Å². The van der Waals surface area contributed by atoms with E-state index in [1.165, 1.54) is 0 Å². The van der Waals surface area contributed by atoms with E-state index in [1.807, 2.05) is 0 Å². The van der Waals surface area contributed by atoms with E-state index < -0.39 is 17.1 Å². The summed E-state index contributed by atoms with van der Waals surface area (Å²) in [5.41, 5.74) is -2.41. The molecule has 0 saturated carbocycles. The summed E-state index contributed by atoms with van der Waals surface area (Å²) in [4.78, 5) is 32.9. The molecule has 0 aliphatic heterocycles. The van der Waals surface area contributed by atoms with Gasteiger partial charge in [0.25, 0.3) is 0 Å². The van der Waals surface area contributed by atoms with Crippen LogP contribution in [-0.2, 0) is 0 Å². The van der Waals surface area contributed by atoms with Crippen LogP contribution in [0, 0.1) is 0 Å². The van der Waals surface area contributed by atoms with Crippen LogP contribution in [0.5, 0.6) is 0 Å². The number of aromatic nitrogens is 3. The van der Waals surface area contributed by atoms with Gasteiger partial charge in [-0.2, -0.15) is 10.8 Å². The van der Waals surface area contributed by atoms with E-state index in [4.69, 9.17) is 0 Å². The van der Waals surface area contributed by atoms with Crippen LogP contribution in [0.1, 0.15) is 0 Å². The largest absolute Gasteiger partial charge is 0.357 e. The van der Waals surface area contributed by atoms with E-state index in [1.54, 1.807) is 0 Å². The first-order valence-electron chi connectivity index (χ1n) is 2.46. The first-order valence-corrected chi connectivity index (χ1v) is 4.59. The summed E-state index contributed by atoms with van der Waals surface area (Å²) < 4.78 is 1.79. The molecular weight excluding hydrogens is 366 g/mol. The van der Waals surface area contributed by atoms with Crippen molar-refractivity contribution in [3.05, 3.63) is 31.5 Å². The number of hydrogen-bond acceptors (Lipinski definition) is 3. The maximum absolute atomic E-state index is 11.0. The average Bonchev–Trinajstić information content (AvgIpc) is 2.08. The average molecular weight is 366 g/mol. The lowest BCUT2D eigenvalue weighted by atomic mass is 11.0. The van der Waals surface area contributed by atoms with Crippen LogP contribution in [0.25, 0.3) is 0 Å². The lowest BCUT2D eigenvalue weighted by Crippen LogP contribution is -2.46.